The number of carbonyl (C=O) groups is 1. The Morgan fingerprint density at radius 2 is 1.60 bits per heavy atom. The first kappa shape index (κ1) is 31.7. The van der Waals surface area contributed by atoms with Crippen molar-refractivity contribution < 1.29 is 4.79 Å². The van der Waals surface area contributed by atoms with E-state index < -0.39 is 0 Å². The van der Waals surface area contributed by atoms with E-state index >= 15 is 0 Å². The fourth-order valence-electron chi connectivity index (χ4n) is 8.12. The first-order valence-corrected chi connectivity index (χ1v) is 17.9. The Balaban J connectivity index is 0.000000279. The summed E-state index contributed by atoms with van der Waals surface area (Å²) in [5.41, 5.74) is 10.7. The summed E-state index contributed by atoms with van der Waals surface area (Å²) in [6, 6.07) is 37.8. The third kappa shape index (κ3) is 6.44. The predicted molar refractivity (Wildman–Crippen MR) is 203 cm³/mol. The van der Waals surface area contributed by atoms with Crippen LogP contribution in [0.2, 0.25) is 0 Å². The standard InChI is InChI=1S/C37H35NO.C8H6N2O/c39-37(38-22-20-28(21-23-38)27-9-2-1-3-10-27)32-14-6-8-26(25-32)24-31-13-7-12-30-17-18-34-33-15-5-4-11-29(33)16-19-35(34)36(30)31;11-8-7-4-2-1-3-6(7)5-9-10-8/h1-3,5-10,12-15,17-18,25,28H,4,11,16,19-24H2;1-5H,(H,10,11). The van der Waals surface area contributed by atoms with Gasteiger partial charge in [0.15, 0.2) is 0 Å². The molecule has 1 aromatic heterocycles. The maximum atomic E-state index is 13.5. The second-order valence-electron chi connectivity index (χ2n) is 13.7. The van der Waals surface area contributed by atoms with Gasteiger partial charge in [-0.1, -0.05) is 109 Å². The number of hydrogen-bond acceptors (Lipinski definition) is 3. The number of fused-ring (bicyclic) bond motifs is 5. The highest BCUT2D eigenvalue weighted by atomic mass is 16.2. The van der Waals surface area contributed by atoms with Crippen LogP contribution in [-0.2, 0) is 12.8 Å². The zero-order chi connectivity index (χ0) is 33.9. The van der Waals surface area contributed by atoms with E-state index in [1.807, 2.05) is 24.3 Å². The number of likely N-dealkylation sites (tertiary alicyclic amines) is 1. The van der Waals surface area contributed by atoms with Crippen LogP contribution in [0.5, 0.6) is 0 Å². The van der Waals surface area contributed by atoms with Crippen molar-refractivity contribution in [3.05, 3.63) is 177 Å². The molecule has 1 aliphatic heterocycles. The van der Waals surface area contributed by atoms with Crippen molar-refractivity contribution in [1.82, 2.24) is 15.1 Å². The molecule has 0 radical (unpaired) electrons. The van der Waals surface area contributed by atoms with Crippen molar-refractivity contribution in [2.45, 2.75) is 50.9 Å². The van der Waals surface area contributed by atoms with Gasteiger partial charge in [-0.25, -0.2) is 5.10 Å². The summed E-state index contributed by atoms with van der Waals surface area (Å²) >= 11 is 0. The summed E-state index contributed by atoms with van der Waals surface area (Å²) in [5.74, 6) is 0.719. The largest absolute Gasteiger partial charge is 0.339 e. The first-order valence-electron chi connectivity index (χ1n) is 17.9. The lowest BCUT2D eigenvalue weighted by Crippen LogP contribution is -2.37. The number of hydrogen-bond donors (Lipinski definition) is 1. The number of piperidine rings is 1. The Morgan fingerprint density at radius 1 is 0.800 bits per heavy atom. The fraction of sp³-hybridized carbons (Fsp3) is 0.222. The van der Waals surface area contributed by atoms with Gasteiger partial charge in [0.2, 0.25) is 0 Å². The molecule has 1 amide bonds. The highest BCUT2D eigenvalue weighted by Crippen LogP contribution is 2.41. The molecule has 248 valence electrons. The van der Waals surface area contributed by atoms with Gasteiger partial charge in [0.25, 0.3) is 11.5 Å². The van der Waals surface area contributed by atoms with Crippen molar-refractivity contribution in [2.75, 3.05) is 13.1 Å². The average Bonchev–Trinajstić information content (AvgIpc) is 3.18. The summed E-state index contributed by atoms with van der Waals surface area (Å²) in [6.07, 6.45) is 13.9. The first-order chi connectivity index (χ1) is 24.6. The van der Waals surface area contributed by atoms with Crippen LogP contribution in [0.15, 0.2) is 138 Å². The summed E-state index contributed by atoms with van der Waals surface area (Å²) in [7, 11) is 0. The number of amides is 1. The lowest BCUT2D eigenvalue weighted by atomic mass is 9.78. The number of nitrogens with one attached hydrogen (secondary N) is 1. The molecule has 0 bridgehead atoms. The van der Waals surface area contributed by atoms with Gasteiger partial charge in [-0.3, -0.25) is 9.59 Å². The molecule has 50 heavy (non-hydrogen) atoms. The monoisotopic (exact) mass is 655 g/mol. The molecular formula is C45H41N3O2. The number of aryl methyl sites for hydroxylation is 1. The summed E-state index contributed by atoms with van der Waals surface area (Å²) in [4.78, 5) is 26.6. The molecule has 0 saturated carbocycles. The molecule has 0 atom stereocenters. The van der Waals surface area contributed by atoms with Crippen LogP contribution in [0.3, 0.4) is 0 Å². The number of H-pyrrole nitrogens is 1. The van der Waals surface area contributed by atoms with Crippen LogP contribution in [0.25, 0.3) is 27.1 Å². The number of aromatic amines is 1. The molecule has 5 nitrogen and oxygen atoms in total. The topological polar surface area (TPSA) is 66.1 Å². The average molecular weight is 656 g/mol. The maximum absolute atomic E-state index is 13.5. The highest BCUT2D eigenvalue weighted by Gasteiger charge is 2.25. The van der Waals surface area contributed by atoms with Gasteiger partial charge in [0, 0.05) is 29.4 Å². The molecule has 2 heterocycles. The van der Waals surface area contributed by atoms with Crippen molar-refractivity contribution in [3.8, 4) is 0 Å². The number of rotatable bonds is 4. The Labute approximate surface area is 293 Å². The van der Waals surface area contributed by atoms with Gasteiger partial charge in [-0.15, -0.1) is 0 Å². The third-order valence-electron chi connectivity index (χ3n) is 10.7. The Bertz CT molecular complexity index is 2300. The minimum absolute atomic E-state index is 0.136. The molecule has 3 aliphatic rings. The van der Waals surface area contributed by atoms with Crippen molar-refractivity contribution >= 4 is 33.0 Å². The summed E-state index contributed by atoms with van der Waals surface area (Å²) in [5, 5.41) is 10.3. The van der Waals surface area contributed by atoms with Gasteiger partial charge in [-0.2, -0.15) is 5.10 Å². The Kier molecular flexibility index (Phi) is 8.96. The van der Waals surface area contributed by atoms with Crippen molar-refractivity contribution in [2.24, 2.45) is 0 Å². The molecule has 2 aliphatic carbocycles. The minimum Gasteiger partial charge on any atom is -0.339 e. The molecule has 6 aromatic rings. The highest BCUT2D eigenvalue weighted by molar-refractivity contribution is 5.96. The van der Waals surface area contributed by atoms with Gasteiger partial charge in [-0.05, 0) is 113 Å². The fourth-order valence-corrected chi connectivity index (χ4v) is 8.12. The number of allylic oxidation sites excluding steroid dienone is 4. The SMILES string of the molecule is O=C(c1cccc(Cc2cccc3ccc4c(c23)CCC2=C4C=CCC2)c1)N1CCC(c2ccccc2)CC1.O=c1[nH]ncc2ccccc12. The zero-order valence-electron chi connectivity index (χ0n) is 28.3. The number of benzene rings is 5. The normalized spacial score (nSPS) is 15.7. The van der Waals surface area contributed by atoms with E-state index in [4.69, 9.17) is 0 Å². The summed E-state index contributed by atoms with van der Waals surface area (Å²) < 4.78 is 0. The molecule has 1 fully saturated rings. The maximum Gasteiger partial charge on any atom is 0.272 e. The van der Waals surface area contributed by atoms with E-state index in [9.17, 15) is 9.59 Å². The van der Waals surface area contributed by atoms with Gasteiger partial charge >= 0.3 is 0 Å². The van der Waals surface area contributed by atoms with E-state index in [1.165, 1.54) is 63.4 Å². The number of nitrogens with zero attached hydrogens (tertiary/aromatic N) is 2. The summed E-state index contributed by atoms with van der Waals surface area (Å²) in [6.45, 7) is 1.65. The Morgan fingerprint density at radius 3 is 2.46 bits per heavy atom. The quantitative estimate of drug-likeness (QED) is 0.206. The van der Waals surface area contributed by atoms with Crippen molar-refractivity contribution in [1.29, 1.82) is 0 Å². The van der Waals surface area contributed by atoms with Gasteiger partial charge < -0.3 is 4.90 Å². The van der Waals surface area contributed by atoms with E-state index in [2.05, 4.69) is 106 Å². The lowest BCUT2D eigenvalue weighted by molar-refractivity contribution is 0.0713. The van der Waals surface area contributed by atoms with Gasteiger partial charge in [0.05, 0.1) is 6.20 Å². The third-order valence-corrected chi connectivity index (χ3v) is 10.7. The zero-order valence-corrected chi connectivity index (χ0v) is 28.3. The number of aromatic nitrogens is 2. The second kappa shape index (κ2) is 14.1. The second-order valence-corrected chi connectivity index (χ2v) is 13.7. The molecule has 5 aromatic carbocycles. The van der Waals surface area contributed by atoms with Crippen LogP contribution in [0.4, 0.5) is 0 Å². The molecule has 1 N–H and O–H groups in total. The van der Waals surface area contributed by atoms with Gasteiger partial charge in [0.1, 0.15) is 0 Å². The molecular weight excluding hydrogens is 615 g/mol. The van der Waals surface area contributed by atoms with Crippen LogP contribution < -0.4 is 5.56 Å². The van der Waals surface area contributed by atoms with E-state index in [0.29, 0.717) is 11.3 Å². The molecule has 0 spiro atoms. The minimum atomic E-state index is -0.136. The molecule has 5 heteroatoms. The Hall–Kier alpha value is -5.55. The number of carbonyl (C=O) groups excluding carboxylic acids is 1. The van der Waals surface area contributed by atoms with Crippen LogP contribution >= 0.6 is 0 Å². The van der Waals surface area contributed by atoms with Crippen LogP contribution in [0.1, 0.15) is 76.2 Å². The predicted octanol–water partition coefficient (Wildman–Crippen LogP) is 9.42. The van der Waals surface area contributed by atoms with Crippen LogP contribution in [-0.4, -0.2) is 34.1 Å². The molecule has 0 unspecified atom stereocenters. The lowest BCUT2D eigenvalue weighted by Gasteiger charge is -2.32. The smallest absolute Gasteiger partial charge is 0.272 e. The van der Waals surface area contributed by atoms with E-state index in [-0.39, 0.29) is 11.5 Å². The van der Waals surface area contributed by atoms with Crippen molar-refractivity contribution in [3.63, 3.8) is 0 Å². The van der Waals surface area contributed by atoms with Crippen LogP contribution in [0, 0.1) is 0 Å². The van der Waals surface area contributed by atoms with E-state index in [1.54, 1.807) is 17.8 Å². The molecule has 1 saturated heterocycles. The molecule has 9 rings (SSSR count). The van der Waals surface area contributed by atoms with E-state index in [0.717, 1.165) is 49.7 Å².